The van der Waals surface area contributed by atoms with Crippen LogP contribution in [0.4, 0.5) is 0 Å². The van der Waals surface area contributed by atoms with Gasteiger partial charge in [0, 0.05) is 24.6 Å². The van der Waals surface area contributed by atoms with Crippen LogP contribution in [0, 0.1) is 28.6 Å². The van der Waals surface area contributed by atoms with Crippen molar-refractivity contribution in [2.24, 2.45) is 34.3 Å². The van der Waals surface area contributed by atoms with Crippen molar-refractivity contribution < 1.29 is 14.3 Å². The van der Waals surface area contributed by atoms with Crippen LogP contribution in [0.1, 0.15) is 83.1 Å². The lowest BCUT2D eigenvalue weighted by molar-refractivity contribution is -0.203. The second-order valence-electron chi connectivity index (χ2n) is 12.0. The number of carbonyl (C=O) groups is 1. The average molecular weight is 457 g/mol. The van der Waals surface area contributed by atoms with E-state index < -0.39 is 5.60 Å². The summed E-state index contributed by atoms with van der Waals surface area (Å²) in [6.45, 7) is 4.84. The van der Waals surface area contributed by atoms with Gasteiger partial charge in [-0.05, 0) is 98.5 Å². The Balaban J connectivity index is 1.39. The molecule has 0 saturated heterocycles. The number of likely N-dealkylation sites (N-methyl/N-ethyl adjacent to an activating group) is 1. The minimum absolute atomic E-state index is 0.0359. The summed E-state index contributed by atoms with van der Waals surface area (Å²) in [7, 11) is 1.91. The molecule has 4 fully saturated rings. The molecule has 6 heteroatoms. The molecule has 1 aromatic heterocycles. The van der Waals surface area contributed by atoms with Gasteiger partial charge in [0.2, 0.25) is 5.91 Å². The van der Waals surface area contributed by atoms with Gasteiger partial charge in [-0.15, -0.1) is 0 Å². The summed E-state index contributed by atoms with van der Waals surface area (Å²) in [4.78, 5) is 25.6. The molecule has 5 rings (SSSR count). The quantitative estimate of drug-likeness (QED) is 0.723. The Hall–Kier alpha value is -1.66. The first-order chi connectivity index (χ1) is 15.6. The van der Waals surface area contributed by atoms with Crippen LogP contribution < -0.4 is 11.4 Å². The normalized spacial score (nSPS) is 44.5. The zero-order valence-electron chi connectivity index (χ0n) is 20.4. The van der Waals surface area contributed by atoms with Gasteiger partial charge in [0.15, 0.2) is 0 Å². The number of nitrogens with zero attached hydrogens (tertiary/aromatic N) is 1. The molecule has 4 saturated carbocycles. The van der Waals surface area contributed by atoms with Crippen LogP contribution in [0.25, 0.3) is 0 Å². The number of amides is 1. The maximum absolute atomic E-state index is 12.3. The largest absolute Gasteiger partial charge is 0.431 e. The predicted octanol–water partition coefficient (Wildman–Crippen LogP) is 3.67. The van der Waals surface area contributed by atoms with Crippen LogP contribution in [-0.2, 0) is 4.79 Å². The number of nitrogens with two attached hydrogens (primary N) is 1. The van der Waals surface area contributed by atoms with Crippen molar-refractivity contribution >= 4 is 5.91 Å². The molecule has 4 aliphatic carbocycles. The Labute approximate surface area is 196 Å². The molecule has 33 heavy (non-hydrogen) atoms. The van der Waals surface area contributed by atoms with E-state index in [4.69, 9.17) is 10.2 Å². The van der Waals surface area contributed by atoms with E-state index in [1.165, 1.54) is 6.07 Å². The van der Waals surface area contributed by atoms with E-state index in [9.17, 15) is 14.7 Å². The minimum atomic E-state index is -0.673. The minimum Gasteiger partial charge on any atom is -0.431 e. The van der Waals surface area contributed by atoms with Gasteiger partial charge in [0.25, 0.3) is 0 Å². The van der Waals surface area contributed by atoms with E-state index in [1.54, 1.807) is 6.26 Å². The lowest BCUT2D eigenvalue weighted by atomic mass is 9.43. The summed E-state index contributed by atoms with van der Waals surface area (Å²) in [6, 6.07) is 3.70. The molecule has 1 amide bonds. The molecular formula is C27H40N2O4. The monoisotopic (exact) mass is 456 g/mol. The second-order valence-corrected chi connectivity index (χ2v) is 12.0. The molecule has 0 aliphatic heterocycles. The molecule has 1 heterocycles. The van der Waals surface area contributed by atoms with E-state index >= 15 is 0 Å². The third-order valence-corrected chi connectivity index (χ3v) is 11.1. The summed E-state index contributed by atoms with van der Waals surface area (Å²) in [5.74, 6) is 1.70. The highest BCUT2D eigenvalue weighted by atomic mass is 16.4. The van der Waals surface area contributed by atoms with E-state index in [0.717, 1.165) is 63.4 Å². The SMILES string of the molecule is CN(C(=O)CN)[C@H]1CC[C@@]2(C)[C@H](CC[C@@H]3[C@@H]2CC[C@]2(C)[C@@H](c4ccc(=O)oc4)CC[C@]32O)C1. The molecule has 0 unspecified atom stereocenters. The first-order valence-corrected chi connectivity index (χ1v) is 12.9. The van der Waals surface area contributed by atoms with Gasteiger partial charge >= 0.3 is 5.63 Å². The van der Waals surface area contributed by atoms with Crippen molar-refractivity contribution in [1.82, 2.24) is 4.90 Å². The Morgan fingerprint density at radius 1 is 1.12 bits per heavy atom. The van der Waals surface area contributed by atoms with E-state index in [0.29, 0.717) is 17.8 Å². The molecule has 1 aromatic rings. The van der Waals surface area contributed by atoms with E-state index in [-0.39, 0.29) is 40.9 Å². The van der Waals surface area contributed by atoms with Crippen molar-refractivity contribution in [3.63, 3.8) is 0 Å². The Bertz CT molecular complexity index is 957. The standard InChI is InChI=1S/C27H40N2O4/c1-25-11-8-19(29(3)23(30)15-28)14-18(25)5-6-22-21(25)9-12-26(2)20(10-13-27(22,26)32)17-4-7-24(31)33-16-17/h4,7,16,18-22,32H,5-6,8-15,28H2,1-3H3/t18-,19+,20-,21+,22-,25+,26-,27+/m1/s1. The van der Waals surface area contributed by atoms with Crippen molar-refractivity contribution in [1.29, 1.82) is 0 Å². The van der Waals surface area contributed by atoms with Gasteiger partial charge in [0.1, 0.15) is 0 Å². The molecule has 0 bridgehead atoms. The highest BCUT2D eigenvalue weighted by molar-refractivity contribution is 5.78. The zero-order chi connectivity index (χ0) is 23.6. The molecule has 0 radical (unpaired) electrons. The topological polar surface area (TPSA) is 96.8 Å². The predicted molar refractivity (Wildman–Crippen MR) is 127 cm³/mol. The lowest BCUT2D eigenvalue weighted by Crippen LogP contribution is -2.62. The van der Waals surface area contributed by atoms with Crippen molar-refractivity contribution in [3.8, 4) is 0 Å². The number of aliphatic hydroxyl groups is 1. The van der Waals surface area contributed by atoms with Gasteiger partial charge in [0.05, 0.1) is 18.4 Å². The molecule has 6 nitrogen and oxygen atoms in total. The fourth-order valence-corrected chi connectivity index (χ4v) is 9.00. The van der Waals surface area contributed by atoms with Crippen LogP contribution in [0.2, 0.25) is 0 Å². The van der Waals surface area contributed by atoms with Crippen LogP contribution in [-0.4, -0.2) is 41.1 Å². The molecular weight excluding hydrogens is 416 g/mol. The fraction of sp³-hybridized carbons (Fsp3) is 0.778. The van der Waals surface area contributed by atoms with Gasteiger partial charge in [-0.3, -0.25) is 4.79 Å². The summed E-state index contributed by atoms with van der Waals surface area (Å²) < 4.78 is 5.20. The summed E-state index contributed by atoms with van der Waals surface area (Å²) in [6.07, 6.45) is 10.9. The maximum atomic E-state index is 12.3. The second kappa shape index (κ2) is 7.94. The summed E-state index contributed by atoms with van der Waals surface area (Å²) in [5.41, 5.74) is 5.72. The maximum Gasteiger partial charge on any atom is 0.335 e. The third kappa shape index (κ3) is 3.27. The summed E-state index contributed by atoms with van der Waals surface area (Å²) >= 11 is 0. The highest BCUT2D eigenvalue weighted by Crippen LogP contribution is 2.70. The Morgan fingerprint density at radius 3 is 2.61 bits per heavy atom. The number of carbonyl (C=O) groups excluding carboxylic acids is 1. The smallest absolute Gasteiger partial charge is 0.335 e. The van der Waals surface area contributed by atoms with Crippen LogP contribution >= 0.6 is 0 Å². The highest BCUT2D eigenvalue weighted by Gasteiger charge is 2.67. The van der Waals surface area contributed by atoms with E-state index in [1.807, 2.05) is 18.0 Å². The molecule has 0 spiro atoms. The van der Waals surface area contributed by atoms with Crippen LogP contribution in [0.5, 0.6) is 0 Å². The van der Waals surface area contributed by atoms with Gasteiger partial charge in [-0.1, -0.05) is 13.8 Å². The average Bonchev–Trinajstić information content (AvgIpc) is 3.09. The third-order valence-electron chi connectivity index (χ3n) is 11.1. The van der Waals surface area contributed by atoms with E-state index in [2.05, 4.69) is 13.8 Å². The van der Waals surface area contributed by atoms with Gasteiger partial charge < -0.3 is 20.2 Å². The van der Waals surface area contributed by atoms with Crippen molar-refractivity contribution in [2.45, 2.75) is 89.2 Å². The van der Waals surface area contributed by atoms with Gasteiger partial charge in [-0.2, -0.15) is 0 Å². The number of rotatable bonds is 3. The first-order valence-electron chi connectivity index (χ1n) is 12.9. The van der Waals surface area contributed by atoms with Gasteiger partial charge in [-0.25, -0.2) is 4.79 Å². The number of fused-ring (bicyclic) bond motifs is 5. The molecule has 0 aromatic carbocycles. The molecule has 3 N–H and O–H groups in total. The van der Waals surface area contributed by atoms with Crippen molar-refractivity contribution in [3.05, 3.63) is 34.4 Å². The number of hydrogen-bond acceptors (Lipinski definition) is 5. The van der Waals surface area contributed by atoms with Crippen LogP contribution in [0.3, 0.4) is 0 Å². The van der Waals surface area contributed by atoms with Crippen LogP contribution in [0.15, 0.2) is 27.6 Å². The first kappa shape index (κ1) is 23.1. The van der Waals surface area contributed by atoms with Crippen molar-refractivity contribution in [2.75, 3.05) is 13.6 Å². The Morgan fingerprint density at radius 2 is 1.91 bits per heavy atom. The molecule has 4 aliphatic rings. The Kier molecular flexibility index (Phi) is 5.56. The zero-order valence-corrected chi connectivity index (χ0v) is 20.4. The lowest BCUT2D eigenvalue weighted by Gasteiger charge is -2.64. The fourth-order valence-electron chi connectivity index (χ4n) is 9.00. The molecule has 182 valence electrons. The molecule has 8 atom stereocenters. The summed E-state index contributed by atoms with van der Waals surface area (Å²) in [5, 5.41) is 12.3. The number of hydrogen-bond donors (Lipinski definition) is 2.